The second-order valence-corrected chi connectivity index (χ2v) is 4.70. The van der Waals surface area contributed by atoms with Crippen LogP contribution in [-0.4, -0.2) is 15.9 Å². The van der Waals surface area contributed by atoms with Crippen molar-refractivity contribution in [3.05, 3.63) is 57.6 Å². The minimum atomic E-state index is -0.543. The van der Waals surface area contributed by atoms with E-state index in [1.54, 1.807) is 25.1 Å². The summed E-state index contributed by atoms with van der Waals surface area (Å²) in [5, 5.41) is 0.986. The van der Waals surface area contributed by atoms with Crippen LogP contribution >= 0.6 is 23.2 Å². The van der Waals surface area contributed by atoms with Gasteiger partial charge in [-0.3, -0.25) is 4.98 Å². The summed E-state index contributed by atoms with van der Waals surface area (Å²) in [6, 6.07) is 4.99. The van der Waals surface area contributed by atoms with Gasteiger partial charge in [0.25, 0.3) is 0 Å². The molecule has 1 aromatic carbocycles. The minimum Gasteiger partial charge on any atom is -0.456 e. The van der Waals surface area contributed by atoms with Gasteiger partial charge in [0.2, 0.25) is 0 Å². The van der Waals surface area contributed by atoms with Gasteiger partial charge < -0.3 is 4.74 Å². The molecule has 0 saturated heterocycles. The summed E-state index contributed by atoms with van der Waals surface area (Å²) in [6.45, 7) is 1.85. The second kappa shape index (κ2) is 5.99. The maximum Gasteiger partial charge on any atom is 0.358 e. The molecule has 2 rings (SSSR count). The molecule has 0 N–H and O–H groups in total. The molecule has 2 aromatic rings. The van der Waals surface area contributed by atoms with Crippen molar-refractivity contribution in [2.24, 2.45) is 0 Å². The highest BCUT2D eigenvalue weighted by molar-refractivity contribution is 6.35. The van der Waals surface area contributed by atoms with Crippen LogP contribution in [0.5, 0.6) is 0 Å². The summed E-state index contributed by atoms with van der Waals surface area (Å²) < 4.78 is 5.11. The molecule has 0 aliphatic heterocycles. The number of aromatic nitrogens is 2. The molecule has 0 radical (unpaired) electrons. The molecule has 1 aromatic heterocycles. The molecule has 0 atom stereocenters. The molecule has 0 aliphatic rings. The highest BCUT2D eigenvalue weighted by atomic mass is 35.5. The average molecular weight is 297 g/mol. The van der Waals surface area contributed by atoms with Gasteiger partial charge in [0.05, 0.1) is 11.9 Å². The molecule has 19 heavy (non-hydrogen) atoms. The summed E-state index contributed by atoms with van der Waals surface area (Å²) in [7, 11) is 0. The van der Waals surface area contributed by atoms with Crippen LogP contribution in [0.3, 0.4) is 0 Å². The number of carbonyl (C=O) groups is 1. The normalized spacial score (nSPS) is 10.3. The first kappa shape index (κ1) is 13.8. The van der Waals surface area contributed by atoms with E-state index in [0.29, 0.717) is 15.6 Å². The number of hydrogen-bond acceptors (Lipinski definition) is 4. The van der Waals surface area contributed by atoms with Gasteiger partial charge in [0, 0.05) is 21.8 Å². The Kier molecular flexibility index (Phi) is 4.35. The number of esters is 1. The van der Waals surface area contributed by atoms with Gasteiger partial charge in [-0.05, 0) is 19.1 Å². The number of hydrogen-bond donors (Lipinski definition) is 0. The smallest absolute Gasteiger partial charge is 0.358 e. The van der Waals surface area contributed by atoms with Crippen molar-refractivity contribution in [1.29, 1.82) is 0 Å². The molecule has 0 saturated carbocycles. The molecular weight excluding hydrogens is 287 g/mol. The van der Waals surface area contributed by atoms with Crippen molar-refractivity contribution in [3.63, 3.8) is 0 Å². The fraction of sp³-hybridized carbons (Fsp3) is 0.154. The van der Waals surface area contributed by atoms with E-state index >= 15 is 0 Å². The third kappa shape index (κ3) is 3.66. The molecule has 1 heterocycles. The summed E-state index contributed by atoms with van der Waals surface area (Å²) in [5.74, 6) is -0.543. The molecule has 0 bridgehead atoms. The van der Waals surface area contributed by atoms with E-state index in [-0.39, 0.29) is 12.3 Å². The zero-order valence-corrected chi connectivity index (χ0v) is 11.6. The van der Waals surface area contributed by atoms with Crippen molar-refractivity contribution in [3.8, 4) is 0 Å². The third-order valence-electron chi connectivity index (χ3n) is 2.36. The van der Waals surface area contributed by atoms with Gasteiger partial charge in [0.15, 0.2) is 5.69 Å². The molecular formula is C13H10Cl2N2O2. The molecule has 0 unspecified atom stereocenters. The maximum atomic E-state index is 11.7. The lowest BCUT2D eigenvalue weighted by Gasteiger charge is -2.06. The van der Waals surface area contributed by atoms with Gasteiger partial charge in [-0.2, -0.15) is 0 Å². The van der Waals surface area contributed by atoms with Crippen LogP contribution in [0.4, 0.5) is 0 Å². The van der Waals surface area contributed by atoms with Crippen LogP contribution in [0, 0.1) is 6.92 Å². The van der Waals surface area contributed by atoms with Crippen molar-refractivity contribution in [2.75, 3.05) is 0 Å². The number of nitrogens with zero attached hydrogens (tertiary/aromatic N) is 2. The first-order valence-corrected chi connectivity index (χ1v) is 6.21. The van der Waals surface area contributed by atoms with E-state index in [4.69, 9.17) is 27.9 Å². The van der Waals surface area contributed by atoms with Crippen molar-refractivity contribution >= 4 is 29.2 Å². The van der Waals surface area contributed by atoms with Crippen molar-refractivity contribution in [2.45, 2.75) is 13.5 Å². The highest BCUT2D eigenvalue weighted by Crippen LogP contribution is 2.21. The fourth-order valence-corrected chi connectivity index (χ4v) is 1.82. The summed E-state index contributed by atoms with van der Waals surface area (Å²) in [6.07, 6.45) is 2.88. The van der Waals surface area contributed by atoms with Crippen molar-refractivity contribution in [1.82, 2.24) is 9.97 Å². The minimum absolute atomic E-state index is 0.0599. The Labute approximate surface area is 120 Å². The Balaban J connectivity index is 2.02. The number of ether oxygens (including phenoxy) is 1. The maximum absolute atomic E-state index is 11.7. The van der Waals surface area contributed by atoms with Crippen LogP contribution in [0.1, 0.15) is 21.7 Å². The van der Waals surface area contributed by atoms with E-state index in [9.17, 15) is 4.79 Å². The van der Waals surface area contributed by atoms with Crippen LogP contribution in [0.15, 0.2) is 30.6 Å². The second-order valence-electron chi connectivity index (χ2n) is 3.85. The largest absolute Gasteiger partial charge is 0.456 e. The molecule has 0 amide bonds. The van der Waals surface area contributed by atoms with Gasteiger partial charge in [-0.15, -0.1) is 0 Å². The van der Waals surface area contributed by atoms with Crippen LogP contribution in [0.25, 0.3) is 0 Å². The van der Waals surface area contributed by atoms with Crippen LogP contribution in [-0.2, 0) is 11.3 Å². The number of halogens is 2. The first-order chi connectivity index (χ1) is 9.06. The lowest BCUT2D eigenvalue weighted by molar-refractivity contribution is 0.0465. The van der Waals surface area contributed by atoms with Crippen LogP contribution in [0.2, 0.25) is 10.0 Å². The zero-order valence-electron chi connectivity index (χ0n) is 10.1. The highest BCUT2D eigenvalue weighted by Gasteiger charge is 2.10. The molecule has 4 nitrogen and oxygen atoms in total. The van der Waals surface area contributed by atoms with E-state index in [0.717, 1.165) is 5.69 Å². The topological polar surface area (TPSA) is 52.1 Å². The number of aryl methyl sites for hydroxylation is 1. The first-order valence-electron chi connectivity index (χ1n) is 5.46. The Bertz CT molecular complexity index is 600. The van der Waals surface area contributed by atoms with Crippen LogP contribution < -0.4 is 0 Å². The predicted octanol–water partition coefficient (Wildman–Crippen LogP) is 3.45. The monoisotopic (exact) mass is 296 g/mol. The van der Waals surface area contributed by atoms with Gasteiger partial charge in [0.1, 0.15) is 6.61 Å². The van der Waals surface area contributed by atoms with Gasteiger partial charge in [-0.25, -0.2) is 9.78 Å². The number of carbonyl (C=O) groups excluding carboxylic acids is 1. The standard InChI is InChI=1S/C13H10Cl2N2O2/c1-8-5-17-12(6-16-8)13(18)19-7-9-2-3-10(14)4-11(9)15/h2-6H,7H2,1H3. The van der Waals surface area contributed by atoms with E-state index < -0.39 is 5.97 Å². The molecule has 0 aliphatic carbocycles. The molecule has 98 valence electrons. The SMILES string of the molecule is Cc1cnc(C(=O)OCc2ccc(Cl)cc2Cl)cn1. The van der Waals surface area contributed by atoms with E-state index in [1.807, 2.05) is 0 Å². The van der Waals surface area contributed by atoms with Gasteiger partial charge >= 0.3 is 5.97 Å². The third-order valence-corrected chi connectivity index (χ3v) is 2.95. The average Bonchev–Trinajstić information content (AvgIpc) is 2.38. The predicted molar refractivity (Wildman–Crippen MR) is 72.4 cm³/mol. The van der Waals surface area contributed by atoms with E-state index in [1.165, 1.54) is 12.4 Å². The summed E-state index contributed by atoms with van der Waals surface area (Å²) in [4.78, 5) is 19.6. The lowest BCUT2D eigenvalue weighted by atomic mass is 10.2. The fourth-order valence-electron chi connectivity index (χ4n) is 1.35. The molecule has 6 heteroatoms. The Morgan fingerprint density at radius 2 is 2.05 bits per heavy atom. The zero-order chi connectivity index (χ0) is 13.8. The Morgan fingerprint density at radius 3 is 2.68 bits per heavy atom. The summed E-state index contributed by atoms with van der Waals surface area (Å²) >= 11 is 11.8. The Morgan fingerprint density at radius 1 is 1.26 bits per heavy atom. The quantitative estimate of drug-likeness (QED) is 0.814. The summed E-state index contributed by atoms with van der Waals surface area (Å²) in [5.41, 5.74) is 1.58. The van der Waals surface area contributed by atoms with Gasteiger partial charge in [-0.1, -0.05) is 29.3 Å². The number of rotatable bonds is 3. The molecule has 0 fully saturated rings. The van der Waals surface area contributed by atoms with E-state index in [2.05, 4.69) is 9.97 Å². The Hall–Kier alpha value is -1.65. The molecule has 0 spiro atoms. The van der Waals surface area contributed by atoms with Crippen molar-refractivity contribution < 1.29 is 9.53 Å². The lowest BCUT2D eigenvalue weighted by Crippen LogP contribution is -2.08. The number of benzene rings is 1.